The van der Waals surface area contributed by atoms with Crippen molar-refractivity contribution in [3.63, 3.8) is 0 Å². The van der Waals surface area contributed by atoms with Crippen molar-refractivity contribution in [3.8, 4) is 0 Å². The number of halogens is 1. The van der Waals surface area contributed by atoms with Crippen LogP contribution >= 0.6 is 11.6 Å². The van der Waals surface area contributed by atoms with Gasteiger partial charge in [-0.15, -0.1) is 0 Å². The van der Waals surface area contributed by atoms with Crippen LogP contribution in [0, 0.1) is 0 Å². The van der Waals surface area contributed by atoms with E-state index in [1.165, 1.54) is 24.3 Å². The number of hydrogen-bond donors (Lipinski definition) is 1. The van der Waals surface area contributed by atoms with Crippen LogP contribution in [0.3, 0.4) is 0 Å². The fraction of sp³-hybridized carbons (Fsp3) is 0. The van der Waals surface area contributed by atoms with Gasteiger partial charge in [0.15, 0.2) is 0 Å². The number of imide groups is 1. The number of carbonyl (C=O) groups excluding carboxylic acids is 2. The molecule has 122 valence electrons. The summed E-state index contributed by atoms with van der Waals surface area (Å²) in [6.07, 6.45) is 0. The molecule has 1 heterocycles. The zero-order chi connectivity index (χ0) is 17.7. The molecule has 5 nitrogen and oxygen atoms in total. The van der Waals surface area contributed by atoms with Gasteiger partial charge in [0.25, 0.3) is 11.8 Å². The molecule has 0 saturated carbocycles. The SMILES string of the molecule is O=C(O)c1ccc(N2C(=O)c3cccc4c(Cl)ccc(c34)C2=O)cc1. The predicted molar refractivity (Wildman–Crippen MR) is 93.5 cm³/mol. The van der Waals surface area contributed by atoms with Gasteiger partial charge in [-0.05, 0) is 42.5 Å². The van der Waals surface area contributed by atoms with E-state index in [9.17, 15) is 14.4 Å². The number of carboxylic acids is 1. The van der Waals surface area contributed by atoms with Crippen molar-refractivity contribution >= 4 is 45.8 Å². The highest BCUT2D eigenvalue weighted by Crippen LogP contribution is 2.35. The van der Waals surface area contributed by atoms with E-state index < -0.39 is 17.8 Å². The number of rotatable bonds is 2. The lowest BCUT2D eigenvalue weighted by atomic mass is 9.93. The van der Waals surface area contributed by atoms with Gasteiger partial charge in [-0.1, -0.05) is 23.7 Å². The number of hydrogen-bond acceptors (Lipinski definition) is 3. The lowest BCUT2D eigenvalue weighted by Gasteiger charge is -2.27. The molecule has 3 aromatic carbocycles. The quantitative estimate of drug-likeness (QED) is 0.708. The van der Waals surface area contributed by atoms with Crippen LogP contribution < -0.4 is 4.90 Å². The van der Waals surface area contributed by atoms with E-state index in [0.717, 1.165) is 4.90 Å². The number of benzene rings is 3. The molecule has 1 aliphatic heterocycles. The third-order valence-electron chi connectivity index (χ3n) is 4.23. The monoisotopic (exact) mass is 351 g/mol. The minimum absolute atomic E-state index is 0.0786. The lowest BCUT2D eigenvalue weighted by Crippen LogP contribution is -2.40. The van der Waals surface area contributed by atoms with Crippen LogP contribution in [-0.4, -0.2) is 22.9 Å². The number of anilines is 1. The maximum atomic E-state index is 12.9. The standard InChI is InChI=1S/C19H10ClNO4/c20-15-9-8-14-16-12(15)2-1-3-13(16)17(22)21(18(14)23)11-6-4-10(5-7-11)19(24)25/h1-9H,(H,24,25). The predicted octanol–water partition coefficient (Wildman–Crippen LogP) is 3.99. The first-order valence-corrected chi connectivity index (χ1v) is 7.80. The second-order valence-electron chi connectivity index (χ2n) is 5.62. The van der Waals surface area contributed by atoms with E-state index in [1.54, 1.807) is 30.3 Å². The molecule has 1 aliphatic rings. The topological polar surface area (TPSA) is 74.7 Å². The summed E-state index contributed by atoms with van der Waals surface area (Å²) in [6.45, 7) is 0. The van der Waals surface area contributed by atoms with E-state index in [0.29, 0.717) is 32.6 Å². The Morgan fingerprint density at radius 3 is 2.16 bits per heavy atom. The molecule has 0 saturated heterocycles. The minimum atomic E-state index is -1.08. The molecule has 0 spiro atoms. The number of carbonyl (C=O) groups is 3. The summed E-state index contributed by atoms with van der Waals surface area (Å²) in [5, 5.41) is 10.7. The first-order valence-electron chi connectivity index (χ1n) is 7.42. The number of carboxylic acid groups (broad SMARTS) is 1. The van der Waals surface area contributed by atoms with E-state index in [1.807, 2.05) is 0 Å². The Morgan fingerprint density at radius 1 is 0.880 bits per heavy atom. The smallest absolute Gasteiger partial charge is 0.335 e. The van der Waals surface area contributed by atoms with Crippen LogP contribution in [0.15, 0.2) is 54.6 Å². The van der Waals surface area contributed by atoms with Crippen LogP contribution in [0.25, 0.3) is 10.8 Å². The van der Waals surface area contributed by atoms with E-state index in [-0.39, 0.29) is 5.56 Å². The van der Waals surface area contributed by atoms with Gasteiger partial charge in [0.1, 0.15) is 0 Å². The van der Waals surface area contributed by atoms with Gasteiger partial charge in [0.2, 0.25) is 0 Å². The van der Waals surface area contributed by atoms with Crippen molar-refractivity contribution in [1.29, 1.82) is 0 Å². The van der Waals surface area contributed by atoms with E-state index in [4.69, 9.17) is 16.7 Å². The highest BCUT2D eigenvalue weighted by atomic mass is 35.5. The van der Waals surface area contributed by atoms with E-state index >= 15 is 0 Å². The first-order chi connectivity index (χ1) is 12.0. The molecule has 0 unspecified atom stereocenters. The molecule has 25 heavy (non-hydrogen) atoms. The molecule has 0 aliphatic carbocycles. The number of nitrogens with zero attached hydrogens (tertiary/aromatic N) is 1. The number of amides is 2. The lowest BCUT2D eigenvalue weighted by molar-refractivity contribution is 0.0696. The first kappa shape index (κ1) is 15.4. The Kier molecular flexibility index (Phi) is 3.33. The van der Waals surface area contributed by atoms with Crippen molar-refractivity contribution in [2.75, 3.05) is 4.90 Å². The molecule has 0 aromatic heterocycles. The summed E-state index contributed by atoms with van der Waals surface area (Å²) in [6, 6.07) is 14.0. The van der Waals surface area contributed by atoms with Crippen molar-refractivity contribution in [2.24, 2.45) is 0 Å². The van der Waals surface area contributed by atoms with Crippen LogP contribution in [0.4, 0.5) is 5.69 Å². The van der Waals surface area contributed by atoms with E-state index in [2.05, 4.69) is 0 Å². The normalized spacial score (nSPS) is 13.4. The Balaban J connectivity index is 1.91. The van der Waals surface area contributed by atoms with Gasteiger partial charge in [-0.3, -0.25) is 9.59 Å². The van der Waals surface area contributed by atoms with Crippen LogP contribution in [0.5, 0.6) is 0 Å². The second kappa shape index (κ2) is 5.43. The van der Waals surface area contributed by atoms with Gasteiger partial charge < -0.3 is 5.11 Å². The number of aromatic carboxylic acids is 1. The zero-order valence-electron chi connectivity index (χ0n) is 12.7. The molecule has 0 bridgehead atoms. The van der Waals surface area contributed by atoms with Crippen molar-refractivity contribution < 1.29 is 19.5 Å². The van der Waals surface area contributed by atoms with Gasteiger partial charge in [-0.25, -0.2) is 9.69 Å². The third-order valence-corrected chi connectivity index (χ3v) is 4.56. The highest BCUT2D eigenvalue weighted by molar-refractivity contribution is 6.40. The molecule has 2 amide bonds. The average molecular weight is 352 g/mol. The summed E-state index contributed by atoms with van der Waals surface area (Å²) >= 11 is 6.19. The summed E-state index contributed by atoms with van der Waals surface area (Å²) in [7, 11) is 0. The maximum absolute atomic E-state index is 12.9. The summed E-state index contributed by atoms with van der Waals surface area (Å²) < 4.78 is 0. The molecule has 0 atom stereocenters. The molecule has 0 fully saturated rings. The van der Waals surface area contributed by atoms with Gasteiger partial charge in [-0.2, -0.15) is 0 Å². The minimum Gasteiger partial charge on any atom is -0.478 e. The summed E-state index contributed by atoms with van der Waals surface area (Å²) in [4.78, 5) is 37.8. The molecule has 1 N–H and O–H groups in total. The van der Waals surface area contributed by atoms with Crippen LogP contribution in [-0.2, 0) is 0 Å². The second-order valence-corrected chi connectivity index (χ2v) is 6.03. The molecule has 4 rings (SSSR count). The van der Waals surface area contributed by atoms with Gasteiger partial charge in [0.05, 0.1) is 11.3 Å². The zero-order valence-corrected chi connectivity index (χ0v) is 13.4. The van der Waals surface area contributed by atoms with Crippen molar-refractivity contribution in [2.45, 2.75) is 0 Å². The summed E-state index contributed by atoms with van der Waals surface area (Å²) in [5.41, 5.74) is 1.17. The Bertz CT molecular complexity index is 1050. The molecule has 6 heteroatoms. The van der Waals surface area contributed by atoms with Crippen molar-refractivity contribution in [1.82, 2.24) is 0 Å². The Hall–Kier alpha value is -3.18. The third kappa shape index (κ3) is 2.21. The Labute approximate surface area is 147 Å². The highest BCUT2D eigenvalue weighted by Gasteiger charge is 2.34. The van der Waals surface area contributed by atoms with Gasteiger partial charge >= 0.3 is 5.97 Å². The fourth-order valence-electron chi connectivity index (χ4n) is 3.05. The largest absolute Gasteiger partial charge is 0.478 e. The fourth-order valence-corrected chi connectivity index (χ4v) is 3.27. The Morgan fingerprint density at radius 2 is 1.52 bits per heavy atom. The van der Waals surface area contributed by atoms with Crippen molar-refractivity contribution in [3.05, 3.63) is 76.3 Å². The summed E-state index contributed by atoms with van der Waals surface area (Å²) in [5.74, 6) is -2.01. The van der Waals surface area contributed by atoms with Crippen LogP contribution in [0.2, 0.25) is 5.02 Å². The molecular weight excluding hydrogens is 342 g/mol. The maximum Gasteiger partial charge on any atom is 0.335 e. The molecule has 0 radical (unpaired) electrons. The van der Waals surface area contributed by atoms with Gasteiger partial charge in [0, 0.05) is 26.9 Å². The van der Waals surface area contributed by atoms with Crippen LogP contribution in [0.1, 0.15) is 31.1 Å². The average Bonchev–Trinajstić information content (AvgIpc) is 2.61. The molecular formula is C19H10ClNO4. The molecule has 3 aromatic rings.